The first kappa shape index (κ1) is 21.9. The van der Waals surface area contributed by atoms with Gasteiger partial charge in [-0.3, -0.25) is 14.7 Å². The molecule has 2 fully saturated rings. The monoisotopic (exact) mass is 421 g/mol. The van der Waals surface area contributed by atoms with E-state index in [0.29, 0.717) is 18.1 Å². The number of halogens is 1. The van der Waals surface area contributed by atoms with Gasteiger partial charge in [-0.1, -0.05) is 23.7 Å². The van der Waals surface area contributed by atoms with E-state index in [2.05, 4.69) is 20.1 Å². The largest absolute Gasteiger partial charge is 0.375 e. The second kappa shape index (κ2) is 10.8. The van der Waals surface area contributed by atoms with Crippen LogP contribution in [0.5, 0.6) is 0 Å². The highest BCUT2D eigenvalue weighted by Crippen LogP contribution is 2.20. The van der Waals surface area contributed by atoms with Crippen molar-refractivity contribution in [3.05, 3.63) is 34.9 Å². The molecule has 1 aromatic rings. The summed E-state index contributed by atoms with van der Waals surface area (Å²) in [5.74, 6) is 1.13. The maximum atomic E-state index is 12.4. The molecule has 0 radical (unpaired) electrons. The number of nitrogens with zero attached hydrogens (tertiary/aromatic N) is 4. The van der Waals surface area contributed by atoms with Gasteiger partial charge in [0, 0.05) is 65.0 Å². The minimum atomic E-state index is -0.107. The van der Waals surface area contributed by atoms with Crippen molar-refractivity contribution in [3.8, 4) is 0 Å². The summed E-state index contributed by atoms with van der Waals surface area (Å²) in [4.78, 5) is 23.3. The summed E-state index contributed by atoms with van der Waals surface area (Å²) in [6.07, 6.45) is 2.17. The summed E-state index contributed by atoms with van der Waals surface area (Å²) < 4.78 is 5.64. The quantitative estimate of drug-likeness (QED) is 0.561. The summed E-state index contributed by atoms with van der Waals surface area (Å²) in [6, 6.07) is 7.73. The molecule has 2 saturated heterocycles. The third-order valence-electron chi connectivity index (χ3n) is 5.65. The molecule has 1 amide bonds. The number of amides is 1. The van der Waals surface area contributed by atoms with Crippen LogP contribution in [0.3, 0.4) is 0 Å². The number of methoxy groups -OCH3 is 1. The number of likely N-dealkylation sites (tertiary alicyclic amines) is 1. The standard InChI is InChI=1S/C21H32ClN5O2/c1-23-21(24-15-19(29-2)17-6-5-7-18(22)14-17)27-12-10-25(11-13-27)16-20(28)26-8-3-4-9-26/h5-7,14,19H,3-4,8-13,15-16H2,1-2H3,(H,23,24). The van der Waals surface area contributed by atoms with E-state index < -0.39 is 0 Å². The van der Waals surface area contributed by atoms with Crippen LogP contribution in [0.15, 0.2) is 29.3 Å². The van der Waals surface area contributed by atoms with Crippen LogP contribution in [0, 0.1) is 0 Å². The molecule has 8 heteroatoms. The van der Waals surface area contributed by atoms with Crippen LogP contribution in [0.1, 0.15) is 24.5 Å². The Hall–Kier alpha value is -1.83. The lowest BCUT2D eigenvalue weighted by molar-refractivity contribution is -0.131. The van der Waals surface area contributed by atoms with Gasteiger partial charge in [0.15, 0.2) is 5.96 Å². The number of piperazine rings is 1. The van der Waals surface area contributed by atoms with Crippen LogP contribution in [-0.2, 0) is 9.53 Å². The molecule has 2 aliphatic heterocycles. The summed E-state index contributed by atoms with van der Waals surface area (Å²) >= 11 is 6.11. The molecule has 3 rings (SSSR count). The molecule has 0 spiro atoms. The number of guanidine groups is 1. The van der Waals surface area contributed by atoms with Crippen molar-refractivity contribution in [2.75, 3.05) is 66.5 Å². The molecular weight excluding hydrogens is 390 g/mol. The van der Waals surface area contributed by atoms with Gasteiger partial charge in [-0.2, -0.15) is 0 Å². The van der Waals surface area contributed by atoms with E-state index in [9.17, 15) is 4.79 Å². The molecule has 1 atom stereocenters. The number of benzene rings is 1. The van der Waals surface area contributed by atoms with Gasteiger partial charge in [0.05, 0.1) is 12.6 Å². The van der Waals surface area contributed by atoms with Gasteiger partial charge in [0.1, 0.15) is 0 Å². The summed E-state index contributed by atoms with van der Waals surface area (Å²) in [7, 11) is 3.50. The van der Waals surface area contributed by atoms with Gasteiger partial charge >= 0.3 is 0 Å². The highest BCUT2D eigenvalue weighted by atomic mass is 35.5. The first-order valence-corrected chi connectivity index (χ1v) is 10.7. The molecule has 160 valence electrons. The average molecular weight is 422 g/mol. The van der Waals surface area contributed by atoms with E-state index >= 15 is 0 Å². The van der Waals surface area contributed by atoms with Crippen LogP contribution >= 0.6 is 11.6 Å². The van der Waals surface area contributed by atoms with E-state index in [4.69, 9.17) is 16.3 Å². The summed E-state index contributed by atoms with van der Waals surface area (Å²) in [6.45, 7) is 6.40. The normalized spacial score (nSPS) is 19.5. The van der Waals surface area contributed by atoms with E-state index in [0.717, 1.165) is 63.6 Å². The Balaban J connectivity index is 1.46. The Bertz CT molecular complexity index is 700. The lowest BCUT2D eigenvalue weighted by atomic mass is 10.1. The van der Waals surface area contributed by atoms with Gasteiger partial charge in [-0.15, -0.1) is 0 Å². The third kappa shape index (κ3) is 6.07. The highest BCUT2D eigenvalue weighted by Gasteiger charge is 2.25. The Morgan fingerprint density at radius 3 is 2.52 bits per heavy atom. The fourth-order valence-electron chi connectivity index (χ4n) is 3.94. The molecule has 1 N–H and O–H groups in total. The highest BCUT2D eigenvalue weighted by molar-refractivity contribution is 6.30. The molecule has 1 unspecified atom stereocenters. The third-order valence-corrected chi connectivity index (χ3v) is 5.89. The van der Waals surface area contributed by atoms with Crippen molar-refractivity contribution in [2.24, 2.45) is 4.99 Å². The van der Waals surface area contributed by atoms with Crippen molar-refractivity contribution in [2.45, 2.75) is 18.9 Å². The topological polar surface area (TPSA) is 60.4 Å². The summed E-state index contributed by atoms with van der Waals surface area (Å²) in [5, 5.41) is 4.12. The fraction of sp³-hybridized carbons (Fsp3) is 0.619. The van der Waals surface area contributed by atoms with Crippen LogP contribution in [-0.4, -0.2) is 93.1 Å². The maximum absolute atomic E-state index is 12.4. The lowest BCUT2D eigenvalue weighted by Crippen LogP contribution is -2.54. The van der Waals surface area contributed by atoms with Gasteiger partial charge in [0.2, 0.25) is 5.91 Å². The van der Waals surface area contributed by atoms with Gasteiger partial charge < -0.3 is 19.9 Å². The van der Waals surface area contributed by atoms with Crippen molar-refractivity contribution in [3.63, 3.8) is 0 Å². The molecule has 0 bridgehead atoms. The average Bonchev–Trinajstić information content (AvgIpc) is 3.27. The van der Waals surface area contributed by atoms with E-state index in [1.807, 2.05) is 29.2 Å². The smallest absolute Gasteiger partial charge is 0.236 e. The molecule has 0 saturated carbocycles. The van der Waals surface area contributed by atoms with Gasteiger partial charge in [-0.05, 0) is 30.5 Å². The predicted octanol–water partition coefficient (Wildman–Crippen LogP) is 1.84. The van der Waals surface area contributed by atoms with Crippen molar-refractivity contribution < 1.29 is 9.53 Å². The Morgan fingerprint density at radius 2 is 1.90 bits per heavy atom. The van der Waals surface area contributed by atoms with Gasteiger partial charge in [0.25, 0.3) is 0 Å². The number of rotatable bonds is 6. The lowest BCUT2D eigenvalue weighted by Gasteiger charge is -2.37. The minimum Gasteiger partial charge on any atom is -0.375 e. The number of hydrogen-bond acceptors (Lipinski definition) is 4. The molecule has 2 heterocycles. The van der Waals surface area contributed by atoms with Crippen LogP contribution in [0.2, 0.25) is 5.02 Å². The Labute approximate surface area is 178 Å². The zero-order chi connectivity index (χ0) is 20.6. The van der Waals surface area contributed by atoms with Gasteiger partial charge in [-0.25, -0.2) is 0 Å². The zero-order valence-electron chi connectivity index (χ0n) is 17.4. The number of nitrogens with one attached hydrogen (secondary N) is 1. The molecule has 0 aliphatic carbocycles. The van der Waals surface area contributed by atoms with E-state index in [1.165, 1.54) is 0 Å². The first-order valence-electron chi connectivity index (χ1n) is 10.3. The zero-order valence-corrected chi connectivity index (χ0v) is 18.2. The number of ether oxygens (including phenoxy) is 1. The number of aliphatic imine (C=N–C) groups is 1. The Kier molecular flexibility index (Phi) is 8.15. The fourth-order valence-corrected chi connectivity index (χ4v) is 4.13. The first-order chi connectivity index (χ1) is 14.1. The molecule has 7 nitrogen and oxygen atoms in total. The molecule has 1 aromatic carbocycles. The second-order valence-electron chi connectivity index (χ2n) is 7.56. The molecule has 0 aromatic heterocycles. The maximum Gasteiger partial charge on any atom is 0.236 e. The van der Waals surface area contributed by atoms with Crippen molar-refractivity contribution in [1.82, 2.24) is 20.0 Å². The molecule has 2 aliphatic rings. The predicted molar refractivity (Wildman–Crippen MR) is 116 cm³/mol. The minimum absolute atomic E-state index is 0.107. The number of carbonyl (C=O) groups excluding carboxylic acids is 1. The Morgan fingerprint density at radius 1 is 1.17 bits per heavy atom. The number of hydrogen-bond donors (Lipinski definition) is 1. The number of carbonyl (C=O) groups is 1. The SMILES string of the molecule is CN=C(NCC(OC)c1cccc(Cl)c1)N1CCN(CC(=O)N2CCCC2)CC1. The van der Waals surface area contributed by atoms with Crippen LogP contribution in [0.4, 0.5) is 0 Å². The van der Waals surface area contributed by atoms with Crippen molar-refractivity contribution in [1.29, 1.82) is 0 Å². The van der Waals surface area contributed by atoms with Crippen LogP contribution < -0.4 is 5.32 Å². The molecule has 29 heavy (non-hydrogen) atoms. The van der Waals surface area contributed by atoms with E-state index in [-0.39, 0.29) is 12.0 Å². The molecular formula is C21H32ClN5O2. The van der Waals surface area contributed by atoms with Crippen LogP contribution in [0.25, 0.3) is 0 Å². The van der Waals surface area contributed by atoms with Crippen molar-refractivity contribution >= 4 is 23.5 Å². The second-order valence-corrected chi connectivity index (χ2v) is 7.99. The van der Waals surface area contributed by atoms with E-state index in [1.54, 1.807) is 14.2 Å². The summed E-state index contributed by atoms with van der Waals surface area (Å²) in [5.41, 5.74) is 1.04.